The summed E-state index contributed by atoms with van der Waals surface area (Å²) < 4.78 is 0. The molecule has 2 nitrogen and oxygen atoms in total. The largest absolute Gasteiger partial charge is 0.343 e. The zero-order valence-corrected chi connectivity index (χ0v) is 6.92. The molecule has 1 aliphatic heterocycles. The topological polar surface area (TPSA) is 20.3 Å². The summed E-state index contributed by atoms with van der Waals surface area (Å²) in [5.74, 6) is 0.880. The molecule has 1 saturated heterocycles. The van der Waals surface area contributed by atoms with E-state index in [1.807, 2.05) is 11.9 Å². The molecule has 0 aromatic carbocycles. The number of hydrogen-bond acceptors (Lipinski definition) is 1. The first kappa shape index (κ1) is 7.58. The van der Waals surface area contributed by atoms with E-state index in [2.05, 4.69) is 13.8 Å². The highest BCUT2D eigenvalue weighted by Crippen LogP contribution is 2.21. The summed E-state index contributed by atoms with van der Waals surface area (Å²) in [4.78, 5) is 13.0. The van der Waals surface area contributed by atoms with Crippen LogP contribution in [0, 0.1) is 5.92 Å². The van der Waals surface area contributed by atoms with Crippen LogP contribution in [0.5, 0.6) is 0 Å². The molecule has 0 N–H and O–H groups in total. The molecular weight excluding hydrogens is 126 g/mol. The number of carbonyl (C=O) groups is 1. The predicted octanol–water partition coefficient (Wildman–Crippen LogP) is 1.26. The molecule has 10 heavy (non-hydrogen) atoms. The normalized spacial score (nSPS) is 34.7. The van der Waals surface area contributed by atoms with E-state index in [4.69, 9.17) is 0 Å². The summed E-state index contributed by atoms with van der Waals surface area (Å²) in [6, 6.07) is 0.441. The Labute approximate surface area is 62.2 Å². The van der Waals surface area contributed by atoms with Crippen LogP contribution in [-0.4, -0.2) is 23.9 Å². The van der Waals surface area contributed by atoms with Crippen LogP contribution in [0.25, 0.3) is 0 Å². The van der Waals surface area contributed by atoms with Crippen molar-refractivity contribution in [1.29, 1.82) is 0 Å². The van der Waals surface area contributed by atoms with E-state index < -0.39 is 0 Å². The van der Waals surface area contributed by atoms with E-state index in [9.17, 15) is 4.79 Å². The first-order valence-electron chi connectivity index (χ1n) is 3.87. The lowest BCUT2D eigenvalue weighted by molar-refractivity contribution is -0.135. The van der Waals surface area contributed by atoms with Gasteiger partial charge in [-0.05, 0) is 19.3 Å². The first-order valence-corrected chi connectivity index (χ1v) is 3.87. The molecule has 2 atom stereocenters. The van der Waals surface area contributed by atoms with Crippen LogP contribution >= 0.6 is 0 Å². The van der Waals surface area contributed by atoms with Crippen LogP contribution in [0.4, 0.5) is 0 Å². The molecule has 0 aliphatic carbocycles. The second kappa shape index (κ2) is 2.60. The van der Waals surface area contributed by atoms with Crippen molar-refractivity contribution in [2.75, 3.05) is 7.05 Å². The average Bonchev–Trinajstić information content (AvgIpc) is 1.82. The lowest BCUT2D eigenvalue weighted by Gasteiger charge is -2.33. The van der Waals surface area contributed by atoms with Crippen molar-refractivity contribution in [1.82, 2.24) is 4.90 Å². The van der Waals surface area contributed by atoms with Gasteiger partial charge in [0.25, 0.3) is 0 Å². The predicted molar refractivity (Wildman–Crippen MR) is 40.6 cm³/mol. The van der Waals surface area contributed by atoms with Gasteiger partial charge in [0.15, 0.2) is 0 Å². The molecular formula is C8H15NO. The Balaban J connectivity index is 2.57. The molecule has 0 aromatic heterocycles. The smallest absolute Gasteiger partial charge is 0.222 e. The minimum atomic E-state index is 0.297. The van der Waals surface area contributed by atoms with Crippen LogP contribution in [0.15, 0.2) is 0 Å². The standard InChI is InChI=1S/C8H15NO/c1-6-4-7(2)9(3)8(10)5-6/h6-7H,4-5H2,1-3H3. The van der Waals surface area contributed by atoms with Gasteiger partial charge in [0, 0.05) is 19.5 Å². The highest BCUT2D eigenvalue weighted by molar-refractivity contribution is 5.77. The van der Waals surface area contributed by atoms with Crippen LogP contribution in [0.2, 0.25) is 0 Å². The molecule has 0 bridgehead atoms. The van der Waals surface area contributed by atoms with E-state index in [0.29, 0.717) is 17.9 Å². The van der Waals surface area contributed by atoms with E-state index >= 15 is 0 Å². The number of rotatable bonds is 0. The zero-order chi connectivity index (χ0) is 7.72. The van der Waals surface area contributed by atoms with Gasteiger partial charge in [0.1, 0.15) is 0 Å². The minimum Gasteiger partial charge on any atom is -0.343 e. The van der Waals surface area contributed by atoms with Gasteiger partial charge < -0.3 is 4.90 Å². The van der Waals surface area contributed by atoms with Crippen molar-refractivity contribution in [3.63, 3.8) is 0 Å². The summed E-state index contributed by atoms with van der Waals surface area (Å²) in [5, 5.41) is 0. The Morgan fingerprint density at radius 3 is 2.60 bits per heavy atom. The molecule has 1 amide bonds. The van der Waals surface area contributed by atoms with Gasteiger partial charge in [0.05, 0.1) is 0 Å². The van der Waals surface area contributed by atoms with Crippen LogP contribution in [-0.2, 0) is 4.79 Å². The molecule has 2 unspecified atom stereocenters. The molecule has 1 heterocycles. The van der Waals surface area contributed by atoms with Crippen molar-refractivity contribution in [2.45, 2.75) is 32.7 Å². The van der Waals surface area contributed by atoms with Gasteiger partial charge in [-0.25, -0.2) is 0 Å². The van der Waals surface area contributed by atoms with E-state index in [1.165, 1.54) is 0 Å². The highest BCUT2D eigenvalue weighted by atomic mass is 16.2. The van der Waals surface area contributed by atoms with Gasteiger partial charge in [-0.2, -0.15) is 0 Å². The molecule has 0 spiro atoms. The number of hydrogen-bond donors (Lipinski definition) is 0. The molecule has 1 rings (SSSR count). The van der Waals surface area contributed by atoms with Gasteiger partial charge >= 0.3 is 0 Å². The summed E-state index contributed by atoms with van der Waals surface area (Å²) in [6.45, 7) is 4.24. The zero-order valence-electron chi connectivity index (χ0n) is 6.92. The van der Waals surface area contributed by atoms with Gasteiger partial charge in [0.2, 0.25) is 5.91 Å². The van der Waals surface area contributed by atoms with E-state index in [0.717, 1.165) is 12.8 Å². The highest BCUT2D eigenvalue weighted by Gasteiger charge is 2.25. The Morgan fingerprint density at radius 1 is 1.50 bits per heavy atom. The maximum Gasteiger partial charge on any atom is 0.222 e. The fraction of sp³-hybridized carbons (Fsp3) is 0.875. The summed E-state index contributed by atoms with van der Waals surface area (Å²) in [7, 11) is 1.89. The molecule has 0 saturated carbocycles. The summed E-state index contributed by atoms with van der Waals surface area (Å²) in [5.41, 5.74) is 0. The fourth-order valence-electron chi connectivity index (χ4n) is 1.51. The van der Waals surface area contributed by atoms with Crippen LogP contribution < -0.4 is 0 Å². The SMILES string of the molecule is CC1CC(=O)N(C)C(C)C1. The monoisotopic (exact) mass is 141 g/mol. The minimum absolute atomic E-state index is 0.297. The van der Waals surface area contributed by atoms with Crippen molar-refractivity contribution >= 4 is 5.91 Å². The second-order valence-corrected chi connectivity index (χ2v) is 3.40. The van der Waals surface area contributed by atoms with Gasteiger partial charge in [-0.3, -0.25) is 4.79 Å². The number of amides is 1. The Kier molecular flexibility index (Phi) is 1.97. The van der Waals surface area contributed by atoms with Crippen molar-refractivity contribution in [3.8, 4) is 0 Å². The summed E-state index contributed by atoms with van der Waals surface area (Å²) in [6.07, 6.45) is 1.89. The first-order chi connectivity index (χ1) is 4.61. The van der Waals surface area contributed by atoms with Crippen molar-refractivity contribution < 1.29 is 4.79 Å². The maximum atomic E-state index is 11.1. The number of carbonyl (C=O) groups excluding carboxylic acids is 1. The van der Waals surface area contributed by atoms with E-state index in [1.54, 1.807) is 0 Å². The van der Waals surface area contributed by atoms with E-state index in [-0.39, 0.29) is 0 Å². The van der Waals surface area contributed by atoms with Crippen molar-refractivity contribution in [2.24, 2.45) is 5.92 Å². The summed E-state index contributed by atoms with van der Waals surface area (Å²) >= 11 is 0. The lowest BCUT2D eigenvalue weighted by atomic mass is 9.93. The maximum absolute atomic E-state index is 11.1. The molecule has 0 radical (unpaired) electrons. The third-order valence-corrected chi connectivity index (χ3v) is 2.32. The van der Waals surface area contributed by atoms with Gasteiger partial charge in [-0.15, -0.1) is 0 Å². The molecule has 1 aliphatic rings. The van der Waals surface area contributed by atoms with Crippen LogP contribution in [0.3, 0.4) is 0 Å². The Hall–Kier alpha value is -0.530. The second-order valence-electron chi connectivity index (χ2n) is 3.40. The third-order valence-electron chi connectivity index (χ3n) is 2.32. The van der Waals surface area contributed by atoms with Crippen molar-refractivity contribution in [3.05, 3.63) is 0 Å². The fourth-order valence-corrected chi connectivity index (χ4v) is 1.51. The van der Waals surface area contributed by atoms with Gasteiger partial charge in [-0.1, -0.05) is 6.92 Å². The molecule has 2 heteroatoms. The molecule has 1 fully saturated rings. The molecule has 58 valence electrons. The number of piperidine rings is 1. The third kappa shape index (κ3) is 1.31. The molecule has 0 aromatic rings. The Bertz CT molecular complexity index is 144. The quantitative estimate of drug-likeness (QED) is 0.497. The Morgan fingerprint density at radius 2 is 2.10 bits per heavy atom. The lowest BCUT2D eigenvalue weighted by Crippen LogP contribution is -2.41. The average molecular weight is 141 g/mol. The van der Waals surface area contributed by atoms with Crippen LogP contribution in [0.1, 0.15) is 26.7 Å². The number of likely N-dealkylation sites (tertiary alicyclic amines) is 1. The number of nitrogens with zero attached hydrogens (tertiary/aromatic N) is 1.